The summed E-state index contributed by atoms with van der Waals surface area (Å²) in [6, 6.07) is 1.75. The number of hydrogen-bond donors (Lipinski definition) is 1. The molecule has 20 heavy (non-hydrogen) atoms. The maximum absolute atomic E-state index is 12.2. The molecule has 2 aromatic heterocycles. The van der Waals surface area contributed by atoms with Crippen molar-refractivity contribution in [2.75, 3.05) is 6.54 Å². The predicted octanol–water partition coefficient (Wildman–Crippen LogP) is 2.25. The van der Waals surface area contributed by atoms with Crippen LogP contribution in [0.15, 0.2) is 32.5 Å². The minimum atomic E-state index is -3.41. The molecule has 0 saturated heterocycles. The van der Waals surface area contributed by atoms with E-state index < -0.39 is 10.0 Å². The van der Waals surface area contributed by atoms with Crippen molar-refractivity contribution >= 4 is 37.3 Å². The zero-order valence-corrected chi connectivity index (χ0v) is 13.8. The quantitative estimate of drug-likeness (QED) is 0.890. The molecule has 0 saturated carbocycles. The fourth-order valence-corrected chi connectivity index (χ4v) is 5.86. The second kappa shape index (κ2) is 5.59. The van der Waals surface area contributed by atoms with Crippen molar-refractivity contribution in [3.8, 4) is 0 Å². The van der Waals surface area contributed by atoms with Crippen molar-refractivity contribution in [2.45, 2.75) is 23.6 Å². The van der Waals surface area contributed by atoms with Gasteiger partial charge in [-0.3, -0.25) is 0 Å². The molecule has 5 nitrogen and oxygen atoms in total. The lowest BCUT2D eigenvalue weighted by Crippen LogP contribution is -2.33. The topological polar surface area (TPSA) is 64.0 Å². The van der Waals surface area contributed by atoms with Gasteiger partial charge in [0, 0.05) is 36.4 Å². The highest BCUT2D eigenvalue weighted by Gasteiger charge is 2.23. The van der Waals surface area contributed by atoms with Crippen molar-refractivity contribution < 1.29 is 8.42 Å². The maximum atomic E-state index is 12.2. The molecule has 0 amide bonds. The Morgan fingerprint density at radius 3 is 3.15 bits per heavy atom. The van der Waals surface area contributed by atoms with Crippen LogP contribution in [0.5, 0.6) is 0 Å². The van der Waals surface area contributed by atoms with Crippen LogP contribution in [0.2, 0.25) is 0 Å². The number of aromatic nitrogens is 2. The van der Waals surface area contributed by atoms with Crippen LogP contribution in [0.3, 0.4) is 0 Å². The summed E-state index contributed by atoms with van der Waals surface area (Å²) in [5, 5.41) is 1.76. The second-order valence-electron chi connectivity index (χ2n) is 4.81. The zero-order valence-electron chi connectivity index (χ0n) is 10.6. The van der Waals surface area contributed by atoms with Crippen LogP contribution in [-0.2, 0) is 23.0 Å². The van der Waals surface area contributed by atoms with Crippen molar-refractivity contribution in [3.63, 3.8) is 0 Å². The summed E-state index contributed by atoms with van der Waals surface area (Å²) in [6.45, 7) is 1.29. The average molecular weight is 376 g/mol. The van der Waals surface area contributed by atoms with Gasteiger partial charge in [-0.05, 0) is 39.7 Å². The summed E-state index contributed by atoms with van der Waals surface area (Å²) < 4.78 is 30.2. The fourth-order valence-electron chi connectivity index (χ4n) is 2.37. The smallest absolute Gasteiger partial charge is 0.251 e. The summed E-state index contributed by atoms with van der Waals surface area (Å²) in [5.74, 6) is 1.40. The first-order valence-corrected chi connectivity index (χ1v) is 9.44. The van der Waals surface area contributed by atoms with Gasteiger partial charge in [-0.2, -0.15) is 0 Å². The number of fused-ring (bicyclic) bond motifs is 1. The monoisotopic (exact) mass is 375 g/mol. The lowest BCUT2D eigenvalue weighted by atomic mass is 10.00. The number of thiophene rings is 1. The number of imidazole rings is 1. The Morgan fingerprint density at radius 1 is 1.55 bits per heavy atom. The van der Waals surface area contributed by atoms with Crippen LogP contribution in [0, 0.1) is 5.92 Å². The van der Waals surface area contributed by atoms with E-state index in [1.165, 1.54) is 11.3 Å². The molecule has 8 heteroatoms. The first kappa shape index (κ1) is 14.2. The highest BCUT2D eigenvalue weighted by atomic mass is 79.9. The summed E-state index contributed by atoms with van der Waals surface area (Å²) in [5.41, 5.74) is 0. The minimum absolute atomic E-state index is 0.310. The Morgan fingerprint density at radius 2 is 2.40 bits per heavy atom. The SMILES string of the molecule is O=S(=O)(NC[C@@H]1CCc2nccn2C1)c1sccc1Br. The van der Waals surface area contributed by atoms with E-state index >= 15 is 0 Å². The van der Waals surface area contributed by atoms with Gasteiger partial charge >= 0.3 is 0 Å². The van der Waals surface area contributed by atoms with Crippen LogP contribution < -0.4 is 4.72 Å². The maximum Gasteiger partial charge on any atom is 0.251 e. The minimum Gasteiger partial charge on any atom is -0.335 e. The molecule has 0 radical (unpaired) electrons. The Bertz CT molecular complexity index is 708. The molecular weight excluding hydrogens is 362 g/mol. The summed E-state index contributed by atoms with van der Waals surface area (Å²) in [4.78, 5) is 4.27. The third-order valence-corrected chi connectivity index (χ3v) is 7.52. The molecule has 0 aliphatic carbocycles. The van der Waals surface area contributed by atoms with Crippen LogP contribution in [-0.4, -0.2) is 24.5 Å². The Hall–Kier alpha value is -0.700. The predicted molar refractivity (Wildman–Crippen MR) is 81.2 cm³/mol. The van der Waals surface area contributed by atoms with E-state index in [9.17, 15) is 8.42 Å². The number of rotatable bonds is 4. The largest absolute Gasteiger partial charge is 0.335 e. The van der Waals surface area contributed by atoms with Crippen molar-refractivity contribution in [3.05, 3.63) is 34.1 Å². The summed E-state index contributed by atoms with van der Waals surface area (Å²) in [7, 11) is -3.41. The molecule has 0 aromatic carbocycles. The second-order valence-corrected chi connectivity index (χ2v) is 8.54. The van der Waals surface area contributed by atoms with E-state index in [-0.39, 0.29) is 0 Å². The number of aryl methyl sites for hydroxylation is 1. The van der Waals surface area contributed by atoms with E-state index in [1.807, 2.05) is 6.20 Å². The Labute approximate surface area is 130 Å². The van der Waals surface area contributed by atoms with Gasteiger partial charge in [-0.25, -0.2) is 18.1 Å². The molecule has 108 valence electrons. The summed E-state index contributed by atoms with van der Waals surface area (Å²) >= 11 is 4.48. The van der Waals surface area contributed by atoms with Crippen LogP contribution in [0.25, 0.3) is 0 Å². The van der Waals surface area contributed by atoms with Gasteiger partial charge in [-0.15, -0.1) is 11.3 Å². The van der Waals surface area contributed by atoms with E-state index in [2.05, 4.69) is 30.2 Å². The average Bonchev–Trinajstić information content (AvgIpc) is 3.04. The molecule has 0 unspecified atom stereocenters. The Kier molecular flexibility index (Phi) is 3.98. The Balaban J connectivity index is 1.65. The molecule has 3 rings (SSSR count). The van der Waals surface area contributed by atoms with Gasteiger partial charge in [-0.1, -0.05) is 0 Å². The van der Waals surface area contributed by atoms with Crippen LogP contribution in [0.4, 0.5) is 0 Å². The lowest BCUT2D eigenvalue weighted by molar-refractivity contribution is 0.363. The number of hydrogen-bond acceptors (Lipinski definition) is 4. The van der Waals surface area contributed by atoms with Gasteiger partial charge in [0.25, 0.3) is 10.0 Å². The molecule has 1 aliphatic heterocycles. The lowest BCUT2D eigenvalue weighted by Gasteiger charge is -2.23. The standard InChI is InChI=1S/C12H14BrN3O2S2/c13-10-3-6-19-12(10)20(17,18)15-7-9-1-2-11-14-4-5-16(11)8-9/h3-6,9,15H,1-2,7-8H2/t9-/m0/s1. The van der Waals surface area contributed by atoms with E-state index in [0.29, 0.717) is 21.1 Å². The zero-order chi connectivity index (χ0) is 14.2. The van der Waals surface area contributed by atoms with E-state index in [4.69, 9.17) is 0 Å². The van der Waals surface area contributed by atoms with Gasteiger partial charge in [0.05, 0.1) is 0 Å². The van der Waals surface area contributed by atoms with Gasteiger partial charge in [0.15, 0.2) is 0 Å². The molecule has 1 aliphatic rings. The van der Waals surface area contributed by atoms with Crippen LogP contribution in [0.1, 0.15) is 12.2 Å². The first-order valence-electron chi connectivity index (χ1n) is 6.29. The molecule has 0 bridgehead atoms. The molecule has 1 atom stereocenters. The van der Waals surface area contributed by atoms with E-state index in [1.54, 1.807) is 17.6 Å². The molecule has 2 aromatic rings. The molecular formula is C12H14BrN3O2S2. The van der Waals surface area contributed by atoms with Gasteiger partial charge in [0.1, 0.15) is 10.0 Å². The van der Waals surface area contributed by atoms with E-state index in [0.717, 1.165) is 25.2 Å². The molecule has 0 fully saturated rings. The number of nitrogens with one attached hydrogen (secondary N) is 1. The van der Waals surface area contributed by atoms with Crippen molar-refractivity contribution in [1.29, 1.82) is 0 Å². The normalized spacial score (nSPS) is 18.9. The number of halogens is 1. The summed E-state index contributed by atoms with van der Waals surface area (Å²) in [6.07, 6.45) is 5.61. The highest BCUT2D eigenvalue weighted by Crippen LogP contribution is 2.27. The number of sulfonamides is 1. The third-order valence-electron chi connectivity index (χ3n) is 3.42. The van der Waals surface area contributed by atoms with Gasteiger partial charge < -0.3 is 4.57 Å². The molecule has 3 heterocycles. The van der Waals surface area contributed by atoms with Crippen molar-refractivity contribution in [2.24, 2.45) is 5.92 Å². The van der Waals surface area contributed by atoms with Crippen molar-refractivity contribution in [1.82, 2.24) is 14.3 Å². The fraction of sp³-hybridized carbons (Fsp3) is 0.417. The van der Waals surface area contributed by atoms with Gasteiger partial charge in [0.2, 0.25) is 0 Å². The molecule has 0 spiro atoms. The first-order chi connectivity index (χ1) is 9.56. The van der Waals surface area contributed by atoms with Crippen LogP contribution >= 0.6 is 27.3 Å². The highest BCUT2D eigenvalue weighted by molar-refractivity contribution is 9.10. The third kappa shape index (κ3) is 2.83. The number of nitrogens with zero attached hydrogens (tertiary/aromatic N) is 2. The molecule has 1 N–H and O–H groups in total.